The molecular weight excluding hydrogens is 280 g/mol. The fourth-order valence-electron chi connectivity index (χ4n) is 2.41. The first-order valence-corrected chi connectivity index (χ1v) is 6.70. The van der Waals surface area contributed by atoms with Crippen LogP contribution in [0.25, 0.3) is 0 Å². The fraction of sp³-hybridized carbons (Fsp3) is 0.500. The summed E-state index contributed by atoms with van der Waals surface area (Å²) in [5.74, 6) is 1.78. The Labute approximate surface area is 124 Å². The average Bonchev–Trinajstić information content (AvgIpc) is 2.99. The van der Waals surface area contributed by atoms with Crippen molar-refractivity contribution in [2.24, 2.45) is 5.92 Å². The van der Waals surface area contributed by atoms with Crippen molar-refractivity contribution in [2.45, 2.75) is 13.0 Å². The summed E-state index contributed by atoms with van der Waals surface area (Å²) in [6.07, 6.45) is 0.924. The molecule has 1 atom stereocenters. The third-order valence-corrected chi connectivity index (χ3v) is 3.50. The van der Waals surface area contributed by atoms with Gasteiger partial charge in [0, 0.05) is 13.1 Å². The maximum Gasteiger partial charge on any atom is 0.224 e. The van der Waals surface area contributed by atoms with Crippen LogP contribution in [0.15, 0.2) is 18.2 Å². The number of carbonyl (C=O) groups is 1. The first-order chi connectivity index (χ1) is 9.33. The minimum absolute atomic E-state index is 0. The van der Waals surface area contributed by atoms with Gasteiger partial charge < -0.3 is 20.1 Å². The predicted molar refractivity (Wildman–Crippen MR) is 77.5 cm³/mol. The van der Waals surface area contributed by atoms with Crippen LogP contribution >= 0.6 is 12.4 Å². The van der Waals surface area contributed by atoms with Gasteiger partial charge in [-0.25, -0.2) is 0 Å². The van der Waals surface area contributed by atoms with Crippen molar-refractivity contribution in [3.05, 3.63) is 23.8 Å². The highest BCUT2D eigenvalue weighted by Crippen LogP contribution is 2.30. The molecule has 1 aromatic rings. The summed E-state index contributed by atoms with van der Waals surface area (Å²) in [5, 5.41) is 6.17. The van der Waals surface area contributed by atoms with E-state index in [0.29, 0.717) is 19.8 Å². The molecule has 2 N–H and O–H groups in total. The highest BCUT2D eigenvalue weighted by atomic mass is 35.5. The van der Waals surface area contributed by atoms with Crippen molar-refractivity contribution in [2.75, 3.05) is 26.3 Å². The zero-order valence-corrected chi connectivity index (χ0v) is 12.0. The number of rotatable bonds is 3. The number of amides is 1. The maximum atomic E-state index is 11.9. The zero-order valence-electron chi connectivity index (χ0n) is 11.2. The number of hydrogen-bond acceptors (Lipinski definition) is 4. The third-order valence-electron chi connectivity index (χ3n) is 3.50. The van der Waals surface area contributed by atoms with E-state index >= 15 is 0 Å². The van der Waals surface area contributed by atoms with Gasteiger partial charge in [-0.05, 0) is 30.7 Å². The molecule has 6 heteroatoms. The van der Waals surface area contributed by atoms with E-state index in [0.717, 1.165) is 36.6 Å². The number of carbonyl (C=O) groups excluding carboxylic acids is 1. The Bertz CT molecular complexity index is 475. The highest BCUT2D eigenvalue weighted by molar-refractivity contribution is 5.85. The van der Waals surface area contributed by atoms with Crippen LogP contribution in [-0.4, -0.2) is 32.2 Å². The van der Waals surface area contributed by atoms with Crippen LogP contribution in [0.5, 0.6) is 11.5 Å². The number of nitrogens with one attached hydrogen (secondary N) is 2. The molecule has 110 valence electrons. The van der Waals surface area contributed by atoms with Crippen molar-refractivity contribution < 1.29 is 14.3 Å². The summed E-state index contributed by atoms with van der Waals surface area (Å²) in [5.41, 5.74) is 1.03. The molecule has 1 aromatic carbocycles. The number of halogens is 1. The van der Waals surface area contributed by atoms with Gasteiger partial charge in [0.1, 0.15) is 13.2 Å². The van der Waals surface area contributed by atoms with Crippen molar-refractivity contribution in [3.63, 3.8) is 0 Å². The van der Waals surface area contributed by atoms with E-state index in [9.17, 15) is 4.79 Å². The standard InChI is InChI=1S/C14H18N2O3.ClH/c17-14(11-3-4-15-9-11)16-8-10-1-2-12-13(7-10)19-6-5-18-12;/h1-2,7,11,15H,3-6,8-9H2,(H,16,17);1H. The first-order valence-electron chi connectivity index (χ1n) is 6.70. The molecule has 1 saturated heterocycles. The van der Waals surface area contributed by atoms with Crippen LogP contribution < -0.4 is 20.1 Å². The number of benzene rings is 1. The van der Waals surface area contributed by atoms with E-state index in [2.05, 4.69) is 10.6 Å². The molecule has 0 saturated carbocycles. The quantitative estimate of drug-likeness (QED) is 0.877. The van der Waals surface area contributed by atoms with Crippen molar-refractivity contribution in [3.8, 4) is 11.5 Å². The van der Waals surface area contributed by atoms with Gasteiger partial charge in [-0.1, -0.05) is 6.07 Å². The second-order valence-electron chi connectivity index (χ2n) is 4.89. The molecule has 3 rings (SSSR count). The van der Waals surface area contributed by atoms with Gasteiger partial charge in [0.2, 0.25) is 5.91 Å². The van der Waals surface area contributed by atoms with E-state index in [1.54, 1.807) is 0 Å². The highest BCUT2D eigenvalue weighted by Gasteiger charge is 2.22. The SMILES string of the molecule is Cl.O=C(NCc1ccc2c(c1)OCCO2)C1CCNC1. The fourth-order valence-corrected chi connectivity index (χ4v) is 2.41. The van der Waals surface area contributed by atoms with Crippen LogP contribution in [0, 0.1) is 5.92 Å². The van der Waals surface area contributed by atoms with Crippen LogP contribution in [0.1, 0.15) is 12.0 Å². The van der Waals surface area contributed by atoms with Gasteiger partial charge in [-0.3, -0.25) is 4.79 Å². The lowest BCUT2D eigenvalue weighted by Crippen LogP contribution is -2.31. The van der Waals surface area contributed by atoms with Crippen LogP contribution in [0.3, 0.4) is 0 Å². The second-order valence-corrected chi connectivity index (χ2v) is 4.89. The second kappa shape index (κ2) is 6.81. The van der Waals surface area contributed by atoms with E-state index < -0.39 is 0 Å². The van der Waals surface area contributed by atoms with Gasteiger partial charge in [0.05, 0.1) is 5.92 Å². The van der Waals surface area contributed by atoms with Crippen molar-refractivity contribution >= 4 is 18.3 Å². The molecule has 0 aromatic heterocycles. The molecule has 1 amide bonds. The van der Waals surface area contributed by atoms with Crippen molar-refractivity contribution in [1.82, 2.24) is 10.6 Å². The summed E-state index contributed by atoms with van der Waals surface area (Å²) >= 11 is 0. The minimum Gasteiger partial charge on any atom is -0.486 e. The normalized spacial score (nSPS) is 20.1. The molecule has 1 fully saturated rings. The Kier molecular flexibility index (Phi) is 5.09. The lowest BCUT2D eigenvalue weighted by molar-refractivity contribution is -0.124. The Balaban J connectivity index is 0.00000147. The van der Waals surface area contributed by atoms with E-state index in [4.69, 9.17) is 9.47 Å². The number of fused-ring (bicyclic) bond motifs is 1. The molecule has 2 aliphatic rings. The smallest absolute Gasteiger partial charge is 0.224 e. The lowest BCUT2D eigenvalue weighted by atomic mass is 10.1. The molecule has 0 bridgehead atoms. The lowest BCUT2D eigenvalue weighted by Gasteiger charge is -2.19. The number of ether oxygens (including phenoxy) is 2. The Morgan fingerprint density at radius 1 is 1.30 bits per heavy atom. The molecule has 20 heavy (non-hydrogen) atoms. The molecule has 5 nitrogen and oxygen atoms in total. The molecule has 2 aliphatic heterocycles. The molecule has 0 radical (unpaired) electrons. The van der Waals surface area contributed by atoms with Gasteiger partial charge in [0.15, 0.2) is 11.5 Å². The molecule has 0 spiro atoms. The monoisotopic (exact) mass is 298 g/mol. The summed E-state index contributed by atoms with van der Waals surface area (Å²) in [7, 11) is 0. The summed E-state index contributed by atoms with van der Waals surface area (Å²) in [6.45, 7) is 3.43. The summed E-state index contributed by atoms with van der Waals surface area (Å²) in [4.78, 5) is 11.9. The van der Waals surface area contributed by atoms with Crippen LogP contribution in [-0.2, 0) is 11.3 Å². The van der Waals surface area contributed by atoms with Gasteiger partial charge in [-0.2, -0.15) is 0 Å². The van der Waals surface area contributed by atoms with E-state index in [1.807, 2.05) is 18.2 Å². The van der Waals surface area contributed by atoms with Crippen LogP contribution in [0.2, 0.25) is 0 Å². The van der Waals surface area contributed by atoms with Gasteiger partial charge in [-0.15, -0.1) is 12.4 Å². The molecule has 2 heterocycles. The van der Waals surface area contributed by atoms with E-state index in [-0.39, 0.29) is 24.2 Å². The molecule has 0 aliphatic carbocycles. The van der Waals surface area contributed by atoms with E-state index in [1.165, 1.54) is 0 Å². The van der Waals surface area contributed by atoms with Gasteiger partial charge in [0.25, 0.3) is 0 Å². The zero-order chi connectivity index (χ0) is 13.1. The van der Waals surface area contributed by atoms with Gasteiger partial charge >= 0.3 is 0 Å². The van der Waals surface area contributed by atoms with Crippen LogP contribution in [0.4, 0.5) is 0 Å². The molecule has 1 unspecified atom stereocenters. The summed E-state index contributed by atoms with van der Waals surface area (Å²) in [6, 6.07) is 5.79. The predicted octanol–water partition coefficient (Wildman–Crippen LogP) is 1.11. The number of hydrogen-bond donors (Lipinski definition) is 2. The maximum absolute atomic E-state index is 11.9. The Hall–Kier alpha value is -1.46. The first kappa shape index (κ1) is 14.9. The average molecular weight is 299 g/mol. The Morgan fingerprint density at radius 3 is 2.85 bits per heavy atom. The molecular formula is C14H19ClN2O3. The van der Waals surface area contributed by atoms with Crippen molar-refractivity contribution in [1.29, 1.82) is 0 Å². The summed E-state index contributed by atoms with van der Waals surface area (Å²) < 4.78 is 11.0. The Morgan fingerprint density at radius 2 is 2.10 bits per heavy atom. The topological polar surface area (TPSA) is 59.6 Å². The largest absolute Gasteiger partial charge is 0.486 e. The minimum atomic E-state index is 0. The third kappa shape index (κ3) is 3.35.